The third-order valence-corrected chi connectivity index (χ3v) is 4.74. The molecule has 2 heterocycles. The van der Waals surface area contributed by atoms with Gasteiger partial charge in [-0.15, -0.1) is 0 Å². The minimum atomic E-state index is -0.205. The highest BCUT2D eigenvalue weighted by molar-refractivity contribution is 7.99. The summed E-state index contributed by atoms with van der Waals surface area (Å²) in [6.07, 6.45) is 2.19. The molecule has 3 aromatic rings. The van der Waals surface area contributed by atoms with E-state index in [2.05, 4.69) is 27.5 Å². The molecule has 0 aliphatic carbocycles. The van der Waals surface area contributed by atoms with Crippen LogP contribution in [0, 0.1) is 5.82 Å². The smallest absolute Gasteiger partial charge is 0.223 e. The second kappa shape index (κ2) is 5.04. The number of hydrogen-bond donors (Lipinski definition) is 0. The lowest BCUT2D eigenvalue weighted by Crippen LogP contribution is -2.30. The topological polar surface area (TPSA) is 8.81 Å². The zero-order valence-corrected chi connectivity index (χ0v) is 12.2. The van der Waals surface area contributed by atoms with E-state index in [1.165, 1.54) is 22.9 Å². The van der Waals surface area contributed by atoms with Crippen LogP contribution in [0.25, 0.3) is 16.9 Å². The number of nitrogens with zero attached hydrogens (tertiary/aromatic N) is 2. The molecule has 0 bridgehead atoms. The summed E-state index contributed by atoms with van der Waals surface area (Å²) in [5.74, 6) is 0.884. The van der Waals surface area contributed by atoms with Crippen LogP contribution in [0.4, 0.5) is 4.39 Å². The van der Waals surface area contributed by atoms with Gasteiger partial charge < -0.3 is 0 Å². The minimum Gasteiger partial charge on any atom is -0.223 e. The fourth-order valence-corrected chi connectivity index (χ4v) is 3.80. The van der Waals surface area contributed by atoms with Gasteiger partial charge in [-0.3, -0.25) is 0 Å². The number of hydrogen-bond acceptors (Lipinski definition) is 1. The molecule has 0 spiro atoms. The van der Waals surface area contributed by atoms with Crippen molar-refractivity contribution in [2.75, 3.05) is 5.75 Å². The molecular weight excluding hydrogens is 283 g/mol. The summed E-state index contributed by atoms with van der Waals surface area (Å²) in [4.78, 5) is 0. The van der Waals surface area contributed by atoms with Crippen molar-refractivity contribution < 1.29 is 8.96 Å². The molecule has 4 heteroatoms. The number of benzene rings is 2. The Hall–Kier alpha value is -2.07. The predicted octanol–water partition coefficient (Wildman–Crippen LogP) is 3.68. The van der Waals surface area contributed by atoms with E-state index in [0.29, 0.717) is 0 Å². The fourth-order valence-electron chi connectivity index (χ4n) is 2.69. The minimum absolute atomic E-state index is 0.205. The van der Waals surface area contributed by atoms with E-state index in [1.54, 1.807) is 0 Å². The van der Waals surface area contributed by atoms with Crippen LogP contribution in [0.5, 0.6) is 0 Å². The number of fused-ring (bicyclic) bond motifs is 1. The SMILES string of the molecule is Fc1ccc(-n2c(-c3ccccc3)c[n+]3c2SCC3)cc1. The third-order valence-electron chi connectivity index (χ3n) is 3.67. The average Bonchev–Trinajstić information content (AvgIpc) is 3.10. The van der Waals surface area contributed by atoms with E-state index in [4.69, 9.17) is 0 Å². The molecule has 0 saturated heterocycles. The Labute approximate surface area is 126 Å². The quantitative estimate of drug-likeness (QED) is 0.656. The van der Waals surface area contributed by atoms with E-state index in [1.807, 2.05) is 42.1 Å². The second-order valence-electron chi connectivity index (χ2n) is 5.02. The molecule has 0 fully saturated rings. The van der Waals surface area contributed by atoms with Crippen molar-refractivity contribution in [3.63, 3.8) is 0 Å². The van der Waals surface area contributed by atoms with Gasteiger partial charge in [0.1, 0.15) is 24.2 Å². The van der Waals surface area contributed by atoms with E-state index >= 15 is 0 Å². The van der Waals surface area contributed by atoms with Gasteiger partial charge in [-0.2, -0.15) is 4.57 Å². The summed E-state index contributed by atoms with van der Waals surface area (Å²) in [7, 11) is 0. The Morgan fingerprint density at radius 3 is 2.52 bits per heavy atom. The van der Waals surface area contributed by atoms with Gasteiger partial charge in [-0.1, -0.05) is 30.3 Å². The first-order valence-corrected chi connectivity index (χ1v) is 7.91. The van der Waals surface area contributed by atoms with Crippen molar-refractivity contribution in [2.24, 2.45) is 0 Å². The molecule has 0 saturated carbocycles. The summed E-state index contributed by atoms with van der Waals surface area (Å²) in [6.45, 7) is 1.02. The molecule has 0 radical (unpaired) electrons. The van der Waals surface area contributed by atoms with Gasteiger partial charge in [0.25, 0.3) is 0 Å². The Balaban J connectivity index is 1.94. The van der Waals surface area contributed by atoms with Crippen molar-refractivity contribution in [3.8, 4) is 16.9 Å². The zero-order valence-electron chi connectivity index (χ0n) is 11.4. The molecular formula is C17H14FN2S+. The Morgan fingerprint density at radius 2 is 1.76 bits per heavy atom. The van der Waals surface area contributed by atoms with E-state index in [-0.39, 0.29) is 5.82 Å². The fraction of sp³-hybridized carbons (Fsp3) is 0.118. The van der Waals surface area contributed by atoms with Gasteiger partial charge in [-0.25, -0.2) is 8.96 Å². The van der Waals surface area contributed by atoms with Gasteiger partial charge in [-0.05, 0) is 36.0 Å². The number of halogens is 1. The van der Waals surface area contributed by atoms with Crippen molar-refractivity contribution in [1.82, 2.24) is 4.57 Å². The van der Waals surface area contributed by atoms with Crippen LogP contribution in [0.15, 0.2) is 66.0 Å². The summed E-state index contributed by atoms with van der Waals surface area (Å²) >= 11 is 1.84. The van der Waals surface area contributed by atoms with Gasteiger partial charge in [0.2, 0.25) is 0 Å². The first-order chi connectivity index (χ1) is 10.3. The second-order valence-corrected chi connectivity index (χ2v) is 6.08. The largest absolute Gasteiger partial charge is 0.323 e. The van der Waals surface area contributed by atoms with Gasteiger partial charge in [0, 0.05) is 11.3 Å². The number of thioether (sulfide) groups is 1. The van der Waals surface area contributed by atoms with Crippen LogP contribution in [-0.2, 0) is 6.54 Å². The molecule has 1 aliphatic rings. The number of aromatic nitrogens is 2. The lowest BCUT2D eigenvalue weighted by atomic mass is 10.1. The zero-order chi connectivity index (χ0) is 14.2. The van der Waals surface area contributed by atoms with Crippen molar-refractivity contribution in [2.45, 2.75) is 11.7 Å². The molecule has 0 amide bonds. The molecule has 4 rings (SSSR count). The molecule has 2 nitrogen and oxygen atoms in total. The van der Waals surface area contributed by atoms with Gasteiger partial charge in [0.15, 0.2) is 5.69 Å². The predicted molar refractivity (Wildman–Crippen MR) is 82.1 cm³/mol. The number of imidazole rings is 1. The van der Waals surface area contributed by atoms with Crippen LogP contribution in [0.3, 0.4) is 0 Å². The monoisotopic (exact) mass is 297 g/mol. The maximum Gasteiger partial charge on any atom is 0.323 e. The van der Waals surface area contributed by atoms with Crippen LogP contribution in [0.1, 0.15) is 0 Å². The Kier molecular flexibility index (Phi) is 3.04. The summed E-state index contributed by atoms with van der Waals surface area (Å²) in [6, 6.07) is 17.0. The van der Waals surface area contributed by atoms with E-state index in [9.17, 15) is 4.39 Å². The Bertz CT molecular complexity index is 779. The maximum atomic E-state index is 13.2. The van der Waals surface area contributed by atoms with Gasteiger partial charge in [0.05, 0.1) is 0 Å². The number of aryl methyl sites for hydroxylation is 1. The Morgan fingerprint density at radius 1 is 1.00 bits per heavy atom. The lowest BCUT2D eigenvalue weighted by molar-refractivity contribution is -0.723. The molecule has 1 aliphatic heterocycles. The van der Waals surface area contributed by atoms with Crippen LogP contribution in [-0.4, -0.2) is 10.3 Å². The van der Waals surface area contributed by atoms with Crippen LogP contribution < -0.4 is 4.57 Å². The van der Waals surface area contributed by atoms with Crippen molar-refractivity contribution >= 4 is 11.8 Å². The summed E-state index contributed by atoms with van der Waals surface area (Å²) < 4.78 is 17.7. The standard InChI is InChI=1S/C17H14FN2S/c18-14-6-8-15(9-7-14)20-16(13-4-2-1-3-5-13)12-19-10-11-21-17(19)20/h1-9,12H,10-11H2/q+1. The molecule has 0 N–H and O–H groups in total. The first kappa shape index (κ1) is 12.7. The van der Waals surface area contributed by atoms with E-state index in [0.717, 1.165) is 23.7 Å². The highest BCUT2D eigenvalue weighted by atomic mass is 32.2. The molecule has 21 heavy (non-hydrogen) atoms. The average molecular weight is 297 g/mol. The van der Waals surface area contributed by atoms with Crippen molar-refractivity contribution in [1.29, 1.82) is 0 Å². The number of rotatable bonds is 2. The molecule has 0 unspecified atom stereocenters. The summed E-state index contributed by atoms with van der Waals surface area (Å²) in [5.41, 5.74) is 3.31. The normalized spacial score (nSPS) is 13.4. The van der Waals surface area contributed by atoms with Gasteiger partial charge >= 0.3 is 5.16 Å². The van der Waals surface area contributed by atoms with Crippen molar-refractivity contribution in [3.05, 3.63) is 66.6 Å². The molecule has 104 valence electrons. The first-order valence-electron chi connectivity index (χ1n) is 6.92. The highest BCUT2D eigenvalue weighted by Gasteiger charge is 2.30. The molecule has 1 aromatic heterocycles. The van der Waals surface area contributed by atoms with E-state index < -0.39 is 0 Å². The maximum absolute atomic E-state index is 13.2. The lowest BCUT2D eigenvalue weighted by Gasteiger charge is -2.03. The highest BCUT2D eigenvalue weighted by Crippen LogP contribution is 2.31. The van der Waals surface area contributed by atoms with Crippen LogP contribution >= 0.6 is 11.8 Å². The van der Waals surface area contributed by atoms with Crippen LogP contribution in [0.2, 0.25) is 0 Å². The molecule has 2 aromatic carbocycles. The molecule has 0 atom stereocenters. The summed E-state index contributed by atoms with van der Waals surface area (Å²) in [5, 5.41) is 1.21. The third kappa shape index (κ3) is 2.16.